The van der Waals surface area contributed by atoms with Gasteiger partial charge in [-0.15, -0.1) is 0 Å². The summed E-state index contributed by atoms with van der Waals surface area (Å²) in [5.41, 5.74) is 2.40. The van der Waals surface area contributed by atoms with E-state index in [1.54, 1.807) is 0 Å². The van der Waals surface area contributed by atoms with Crippen molar-refractivity contribution in [2.75, 3.05) is 5.32 Å². The molecular formula is C15H19NO3. The van der Waals surface area contributed by atoms with Crippen molar-refractivity contribution in [3.05, 3.63) is 29.3 Å². The largest absolute Gasteiger partial charge is 0.481 e. The summed E-state index contributed by atoms with van der Waals surface area (Å²) in [7, 11) is 0. The SMILES string of the molecule is Cc1ccc(NC(=O)[C@H]2[C@@H](C(=O)O)C2(C)C)c(C)c1. The third-order valence-electron chi connectivity index (χ3n) is 4.02. The van der Waals surface area contributed by atoms with Gasteiger partial charge in [0.25, 0.3) is 0 Å². The summed E-state index contributed by atoms with van der Waals surface area (Å²) < 4.78 is 0. The molecule has 0 radical (unpaired) electrons. The van der Waals surface area contributed by atoms with Crippen LogP contribution < -0.4 is 5.32 Å². The van der Waals surface area contributed by atoms with Crippen molar-refractivity contribution in [2.24, 2.45) is 17.3 Å². The van der Waals surface area contributed by atoms with Gasteiger partial charge >= 0.3 is 5.97 Å². The maximum atomic E-state index is 12.2. The van der Waals surface area contributed by atoms with Crippen molar-refractivity contribution >= 4 is 17.6 Å². The van der Waals surface area contributed by atoms with Crippen molar-refractivity contribution in [3.63, 3.8) is 0 Å². The minimum Gasteiger partial charge on any atom is -0.481 e. The van der Waals surface area contributed by atoms with E-state index in [2.05, 4.69) is 5.32 Å². The van der Waals surface area contributed by atoms with E-state index in [0.717, 1.165) is 16.8 Å². The number of rotatable bonds is 3. The number of aryl methyl sites for hydroxylation is 2. The van der Waals surface area contributed by atoms with Gasteiger partial charge in [-0.05, 0) is 30.9 Å². The second-order valence-electron chi connectivity index (χ2n) is 5.92. The Bertz CT molecular complexity index is 548. The molecule has 2 N–H and O–H groups in total. The first-order chi connectivity index (χ1) is 8.75. The third kappa shape index (κ3) is 2.35. The minimum atomic E-state index is -0.897. The highest BCUT2D eigenvalue weighted by atomic mass is 16.4. The number of hydrogen-bond acceptors (Lipinski definition) is 2. The molecule has 1 aliphatic carbocycles. The molecular weight excluding hydrogens is 242 g/mol. The molecule has 1 saturated carbocycles. The molecule has 1 fully saturated rings. The van der Waals surface area contributed by atoms with Crippen LogP contribution in [-0.4, -0.2) is 17.0 Å². The number of benzene rings is 1. The van der Waals surface area contributed by atoms with E-state index in [0.29, 0.717) is 0 Å². The molecule has 0 heterocycles. The van der Waals surface area contributed by atoms with Crippen molar-refractivity contribution in [1.82, 2.24) is 0 Å². The maximum absolute atomic E-state index is 12.2. The lowest BCUT2D eigenvalue weighted by atomic mass is 10.1. The smallest absolute Gasteiger partial charge is 0.307 e. The Morgan fingerprint density at radius 2 is 1.84 bits per heavy atom. The van der Waals surface area contributed by atoms with Crippen LogP contribution >= 0.6 is 0 Å². The van der Waals surface area contributed by atoms with Gasteiger partial charge in [-0.25, -0.2) is 0 Å². The monoisotopic (exact) mass is 261 g/mol. The predicted octanol–water partition coefficient (Wildman–Crippen LogP) is 2.60. The van der Waals surface area contributed by atoms with Gasteiger partial charge in [0, 0.05) is 5.69 Å². The lowest BCUT2D eigenvalue weighted by Crippen LogP contribution is -2.18. The first kappa shape index (κ1) is 13.6. The Morgan fingerprint density at radius 3 is 2.32 bits per heavy atom. The van der Waals surface area contributed by atoms with Gasteiger partial charge in [-0.2, -0.15) is 0 Å². The van der Waals surface area contributed by atoms with Crippen molar-refractivity contribution in [1.29, 1.82) is 0 Å². The first-order valence-corrected chi connectivity index (χ1v) is 6.36. The number of anilines is 1. The molecule has 0 saturated heterocycles. The van der Waals surface area contributed by atoms with Crippen LogP contribution in [0.3, 0.4) is 0 Å². The van der Waals surface area contributed by atoms with Crippen LogP contribution in [0.1, 0.15) is 25.0 Å². The first-order valence-electron chi connectivity index (χ1n) is 6.36. The number of amides is 1. The Labute approximate surface area is 112 Å². The number of carboxylic acid groups (broad SMARTS) is 1. The standard InChI is InChI=1S/C15H19NO3/c1-8-5-6-10(9(2)7-8)16-13(17)11-12(14(18)19)15(11,3)4/h5-7,11-12H,1-4H3,(H,16,17)(H,18,19)/t11-,12+/m1/s1. The number of aliphatic carboxylic acids is 1. The summed E-state index contributed by atoms with van der Waals surface area (Å²) in [6.07, 6.45) is 0. The third-order valence-corrected chi connectivity index (χ3v) is 4.02. The van der Waals surface area contributed by atoms with Crippen LogP contribution in [0.15, 0.2) is 18.2 Å². The second-order valence-corrected chi connectivity index (χ2v) is 5.92. The average Bonchev–Trinajstić information content (AvgIpc) is 2.86. The van der Waals surface area contributed by atoms with Gasteiger partial charge < -0.3 is 10.4 Å². The fourth-order valence-corrected chi connectivity index (χ4v) is 2.75. The Balaban J connectivity index is 2.13. The maximum Gasteiger partial charge on any atom is 0.307 e. The molecule has 4 heteroatoms. The van der Waals surface area contributed by atoms with Crippen molar-refractivity contribution < 1.29 is 14.7 Å². The van der Waals surface area contributed by atoms with Crippen LogP contribution in [0.4, 0.5) is 5.69 Å². The lowest BCUT2D eigenvalue weighted by molar-refractivity contribution is -0.140. The van der Waals surface area contributed by atoms with Gasteiger partial charge in [-0.3, -0.25) is 9.59 Å². The topological polar surface area (TPSA) is 66.4 Å². The summed E-state index contributed by atoms with van der Waals surface area (Å²) in [5, 5.41) is 11.9. The molecule has 0 aliphatic heterocycles. The minimum absolute atomic E-state index is 0.204. The normalized spacial score (nSPS) is 23.8. The highest BCUT2D eigenvalue weighted by molar-refractivity contribution is 6.00. The van der Waals surface area contributed by atoms with Crippen LogP contribution in [-0.2, 0) is 9.59 Å². The molecule has 2 atom stereocenters. The number of carboxylic acids is 1. The average molecular weight is 261 g/mol. The molecule has 4 nitrogen and oxygen atoms in total. The highest BCUT2D eigenvalue weighted by Crippen LogP contribution is 2.58. The van der Waals surface area contributed by atoms with Crippen molar-refractivity contribution in [3.8, 4) is 0 Å². The molecule has 1 aromatic carbocycles. The zero-order chi connectivity index (χ0) is 14.4. The molecule has 0 unspecified atom stereocenters. The molecule has 0 spiro atoms. The summed E-state index contributed by atoms with van der Waals surface area (Å²) >= 11 is 0. The van der Waals surface area contributed by atoms with Gasteiger partial charge in [0.05, 0.1) is 11.8 Å². The van der Waals surface area contributed by atoms with E-state index in [9.17, 15) is 9.59 Å². The Morgan fingerprint density at radius 1 is 1.21 bits per heavy atom. The molecule has 2 rings (SSSR count). The van der Waals surface area contributed by atoms with Crippen LogP contribution in [0, 0.1) is 31.1 Å². The highest BCUT2D eigenvalue weighted by Gasteiger charge is 2.65. The predicted molar refractivity (Wildman–Crippen MR) is 72.9 cm³/mol. The van der Waals surface area contributed by atoms with Crippen molar-refractivity contribution in [2.45, 2.75) is 27.7 Å². The molecule has 0 bridgehead atoms. The molecule has 19 heavy (non-hydrogen) atoms. The number of carbonyl (C=O) groups excluding carboxylic acids is 1. The number of hydrogen-bond donors (Lipinski definition) is 2. The quantitative estimate of drug-likeness (QED) is 0.879. The van der Waals surface area contributed by atoms with Crippen LogP contribution in [0.2, 0.25) is 0 Å². The van der Waals surface area contributed by atoms with Gasteiger partial charge in [0.15, 0.2) is 0 Å². The van der Waals surface area contributed by atoms with Crippen LogP contribution in [0.5, 0.6) is 0 Å². The second kappa shape index (κ2) is 4.37. The molecule has 1 aromatic rings. The van der Waals surface area contributed by atoms with E-state index < -0.39 is 23.2 Å². The summed E-state index contributed by atoms with van der Waals surface area (Å²) in [6.45, 7) is 7.55. The number of carbonyl (C=O) groups is 2. The van der Waals surface area contributed by atoms with E-state index >= 15 is 0 Å². The fourth-order valence-electron chi connectivity index (χ4n) is 2.75. The molecule has 0 aromatic heterocycles. The molecule has 1 aliphatic rings. The summed E-state index contributed by atoms with van der Waals surface area (Å²) in [4.78, 5) is 23.2. The zero-order valence-electron chi connectivity index (χ0n) is 11.7. The van der Waals surface area contributed by atoms with E-state index in [-0.39, 0.29) is 5.91 Å². The molecule has 102 valence electrons. The molecule has 1 amide bonds. The Kier molecular flexibility index (Phi) is 3.12. The lowest BCUT2D eigenvalue weighted by Gasteiger charge is -2.09. The van der Waals surface area contributed by atoms with Gasteiger partial charge in [-0.1, -0.05) is 31.5 Å². The van der Waals surface area contributed by atoms with Crippen LogP contribution in [0.25, 0.3) is 0 Å². The summed E-state index contributed by atoms with van der Waals surface area (Å²) in [5.74, 6) is -2.14. The fraction of sp³-hybridized carbons (Fsp3) is 0.467. The van der Waals surface area contributed by atoms with E-state index in [1.165, 1.54) is 0 Å². The number of nitrogens with one attached hydrogen (secondary N) is 1. The Hall–Kier alpha value is -1.84. The summed E-state index contributed by atoms with van der Waals surface area (Å²) in [6, 6.07) is 5.77. The zero-order valence-corrected chi connectivity index (χ0v) is 11.7. The van der Waals surface area contributed by atoms with E-state index in [1.807, 2.05) is 45.9 Å². The van der Waals surface area contributed by atoms with Gasteiger partial charge in [0.2, 0.25) is 5.91 Å². The van der Waals surface area contributed by atoms with E-state index in [4.69, 9.17) is 5.11 Å². The van der Waals surface area contributed by atoms with Gasteiger partial charge in [0.1, 0.15) is 0 Å².